The van der Waals surface area contributed by atoms with E-state index in [4.69, 9.17) is 0 Å². The zero-order chi connectivity index (χ0) is 20.5. The van der Waals surface area contributed by atoms with Gasteiger partial charge in [0.1, 0.15) is 18.0 Å². The predicted octanol–water partition coefficient (Wildman–Crippen LogP) is 3.31. The Hall–Kier alpha value is -1.84. The molecule has 2 aromatic carbocycles. The third-order valence-corrected chi connectivity index (χ3v) is 6.84. The second-order valence-corrected chi connectivity index (χ2v) is 9.54. The number of hydrogen-bond acceptors (Lipinski definition) is 3. The van der Waals surface area contributed by atoms with Crippen molar-refractivity contribution in [3.05, 3.63) is 63.9 Å². The number of nitrogens with zero attached hydrogens (tertiary/aromatic N) is 1. The maximum absolute atomic E-state index is 14.0. The van der Waals surface area contributed by atoms with E-state index in [1.165, 1.54) is 0 Å². The first-order valence-electron chi connectivity index (χ1n) is 8.62. The lowest BCUT2D eigenvalue weighted by molar-refractivity contribution is -0.124. The van der Waals surface area contributed by atoms with Gasteiger partial charge in [-0.25, -0.2) is 17.2 Å². The highest BCUT2D eigenvalue weighted by atomic mass is 79.9. The van der Waals surface area contributed by atoms with Gasteiger partial charge in [-0.3, -0.25) is 4.79 Å². The molecule has 1 amide bonds. The number of carbonyl (C=O) groups is 1. The maximum atomic E-state index is 14.0. The first-order valence-corrected chi connectivity index (χ1v) is 10.9. The van der Waals surface area contributed by atoms with Crippen LogP contribution in [0.15, 0.2) is 51.8 Å². The van der Waals surface area contributed by atoms with E-state index in [2.05, 4.69) is 21.2 Å². The van der Waals surface area contributed by atoms with Gasteiger partial charge in [0.25, 0.3) is 0 Å². The molecule has 1 fully saturated rings. The molecule has 0 aromatic heterocycles. The number of halogens is 3. The summed E-state index contributed by atoms with van der Waals surface area (Å²) in [6.07, 6.45) is -1.66. The minimum atomic E-state index is -4.12. The zero-order valence-corrected chi connectivity index (χ0v) is 17.4. The Morgan fingerprint density at radius 1 is 1.25 bits per heavy atom. The summed E-state index contributed by atoms with van der Waals surface area (Å²) in [6, 6.07) is 8.75. The molecule has 5 nitrogen and oxygen atoms in total. The SMILES string of the molecule is Cc1cc(Br)cc(CNC(=O)C2CC(F)CN2S(=O)(=O)c2ccc(F)cc2)c1. The highest BCUT2D eigenvalue weighted by Crippen LogP contribution is 2.28. The van der Waals surface area contributed by atoms with Crippen LogP contribution in [-0.4, -0.2) is 37.4 Å². The topological polar surface area (TPSA) is 66.5 Å². The second-order valence-electron chi connectivity index (χ2n) is 6.73. The van der Waals surface area contributed by atoms with Crippen LogP contribution in [0.4, 0.5) is 8.78 Å². The van der Waals surface area contributed by atoms with E-state index in [0.29, 0.717) is 0 Å². The van der Waals surface area contributed by atoms with Crippen LogP contribution in [0.3, 0.4) is 0 Å². The first-order chi connectivity index (χ1) is 13.2. The molecule has 0 bridgehead atoms. The molecule has 1 aliphatic rings. The summed E-state index contributed by atoms with van der Waals surface area (Å²) in [6.45, 7) is 1.70. The number of alkyl halides is 1. The van der Waals surface area contributed by atoms with Gasteiger partial charge in [-0.2, -0.15) is 4.31 Å². The highest BCUT2D eigenvalue weighted by molar-refractivity contribution is 9.10. The molecule has 28 heavy (non-hydrogen) atoms. The van der Waals surface area contributed by atoms with E-state index in [9.17, 15) is 22.0 Å². The number of nitrogens with one attached hydrogen (secondary N) is 1. The molecule has 1 aliphatic heterocycles. The number of hydrogen-bond donors (Lipinski definition) is 1. The van der Waals surface area contributed by atoms with E-state index >= 15 is 0 Å². The van der Waals surface area contributed by atoms with Crippen molar-refractivity contribution in [1.82, 2.24) is 9.62 Å². The molecule has 1 heterocycles. The number of benzene rings is 2. The van der Waals surface area contributed by atoms with Gasteiger partial charge < -0.3 is 5.32 Å². The quantitative estimate of drug-likeness (QED) is 0.725. The summed E-state index contributed by atoms with van der Waals surface area (Å²) in [7, 11) is -4.12. The van der Waals surface area contributed by atoms with Gasteiger partial charge in [-0.05, 0) is 54.4 Å². The number of carbonyl (C=O) groups excluding carboxylic acids is 1. The van der Waals surface area contributed by atoms with Crippen LogP contribution in [0.5, 0.6) is 0 Å². The minimum Gasteiger partial charge on any atom is -0.351 e. The molecule has 2 aromatic rings. The minimum absolute atomic E-state index is 0.177. The Morgan fingerprint density at radius 2 is 1.93 bits per heavy atom. The molecule has 1 N–H and O–H groups in total. The molecule has 0 radical (unpaired) electrons. The van der Waals surface area contributed by atoms with Crippen LogP contribution in [-0.2, 0) is 21.4 Å². The van der Waals surface area contributed by atoms with Crippen molar-refractivity contribution < 1.29 is 22.0 Å². The van der Waals surface area contributed by atoms with Gasteiger partial charge in [0.15, 0.2) is 0 Å². The lowest BCUT2D eigenvalue weighted by Crippen LogP contribution is -2.45. The van der Waals surface area contributed by atoms with Crippen LogP contribution < -0.4 is 5.32 Å². The Balaban J connectivity index is 1.77. The molecule has 0 spiro atoms. The van der Waals surface area contributed by atoms with Crippen LogP contribution in [0.25, 0.3) is 0 Å². The van der Waals surface area contributed by atoms with Crippen LogP contribution in [0, 0.1) is 12.7 Å². The summed E-state index contributed by atoms with van der Waals surface area (Å²) < 4.78 is 54.5. The molecule has 0 saturated carbocycles. The van der Waals surface area contributed by atoms with E-state index in [0.717, 1.165) is 44.2 Å². The van der Waals surface area contributed by atoms with Crippen LogP contribution >= 0.6 is 15.9 Å². The normalized spacial score (nSPS) is 20.3. The van der Waals surface area contributed by atoms with Gasteiger partial charge in [0.05, 0.1) is 4.90 Å². The number of rotatable bonds is 5. The third kappa shape index (κ3) is 4.59. The van der Waals surface area contributed by atoms with Crippen molar-refractivity contribution in [1.29, 1.82) is 0 Å². The molecule has 1 saturated heterocycles. The summed E-state index contributed by atoms with van der Waals surface area (Å²) in [5.41, 5.74) is 1.84. The molecular formula is C19H19BrF2N2O3S. The van der Waals surface area contributed by atoms with Crippen LogP contribution in [0.1, 0.15) is 17.5 Å². The van der Waals surface area contributed by atoms with E-state index < -0.39 is 40.5 Å². The van der Waals surface area contributed by atoms with Crippen molar-refractivity contribution in [3.63, 3.8) is 0 Å². The predicted molar refractivity (Wildman–Crippen MR) is 104 cm³/mol. The largest absolute Gasteiger partial charge is 0.351 e. The zero-order valence-electron chi connectivity index (χ0n) is 15.0. The molecule has 3 rings (SSSR count). The molecule has 0 aliphatic carbocycles. The van der Waals surface area contributed by atoms with Crippen molar-refractivity contribution in [2.24, 2.45) is 0 Å². The Kier molecular flexibility index (Phi) is 6.16. The Labute approximate surface area is 170 Å². The Morgan fingerprint density at radius 3 is 2.57 bits per heavy atom. The number of amides is 1. The standard InChI is InChI=1S/C19H19BrF2N2O3S/c1-12-6-13(8-14(20)7-12)10-23-19(25)18-9-16(22)11-24(18)28(26,27)17-4-2-15(21)3-5-17/h2-8,16,18H,9-11H2,1H3,(H,23,25). The van der Waals surface area contributed by atoms with Gasteiger partial charge in [0.2, 0.25) is 15.9 Å². The fourth-order valence-corrected chi connectivity index (χ4v) is 5.50. The highest BCUT2D eigenvalue weighted by Gasteiger charge is 2.44. The monoisotopic (exact) mass is 472 g/mol. The average Bonchev–Trinajstić information content (AvgIpc) is 3.02. The summed E-state index contributed by atoms with van der Waals surface area (Å²) in [4.78, 5) is 12.4. The molecule has 9 heteroatoms. The fraction of sp³-hybridized carbons (Fsp3) is 0.316. The van der Waals surface area contributed by atoms with Crippen molar-refractivity contribution in [2.45, 2.75) is 37.0 Å². The van der Waals surface area contributed by atoms with E-state index in [1.807, 2.05) is 25.1 Å². The van der Waals surface area contributed by atoms with Crippen molar-refractivity contribution >= 4 is 31.9 Å². The van der Waals surface area contributed by atoms with Crippen LogP contribution in [0.2, 0.25) is 0 Å². The van der Waals surface area contributed by atoms with Crippen molar-refractivity contribution in [3.8, 4) is 0 Å². The lowest BCUT2D eigenvalue weighted by Gasteiger charge is -2.23. The van der Waals surface area contributed by atoms with E-state index in [-0.39, 0.29) is 17.9 Å². The molecule has 150 valence electrons. The molecule has 2 atom stereocenters. The third-order valence-electron chi connectivity index (χ3n) is 4.50. The van der Waals surface area contributed by atoms with Gasteiger partial charge in [0, 0.05) is 24.0 Å². The average molecular weight is 473 g/mol. The number of sulfonamides is 1. The van der Waals surface area contributed by atoms with Gasteiger partial charge in [-0.1, -0.05) is 22.0 Å². The van der Waals surface area contributed by atoms with Gasteiger partial charge in [-0.15, -0.1) is 0 Å². The van der Waals surface area contributed by atoms with E-state index in [1.54, 1.807) is 0 Å². The molecule has 2 unspecified atom stereocenters. The second kappa shape index (κ2) is 8.26. The smallest absolute Gasteiger partial charge is 0.243 e. The fourth-order valence-electron chi connectivity index (χ4n) is 3.22. The molecular weight excluding hydrogens is 454 g/mol. The maximum Gasteiger partial charge on any atom is 0.243 e. The number of aryl methyl sites for hydroxylation is 1. The Bertz CT molecular complexity index is 963. The summed E-state index contributed by atoms with van der Waals surface area (Å²) >= 11 is 3.38. The summed E-state index contributed by atoms with van der Waals surface area (Å²) in [5, 5.41) is 2.69. The van der Waals surface area contributed by atoms with Crippen molar-refractivity contribution in [2.75, 3.05) is 6.54 Å². The van der Waals surface area contributed by atoms with Gasteiger partial charge >= 0.3 is 0 Å². The lowest BCUT2D eigenvalue weighted by atomic mass is 10.1. The summed E-state index contributed by atoms with van der Waals surface area (Å²) in [5.74, 6) is -1.15. The first kappa shape index (κ1) is 20.9.